The maximum atomic E-state index is 12.8. The average molecular weight is 374 g/mol. The highest BCUT2D eigenvalue weighted by Gasteiger charge is 2.31. The number of ether oxygens (including phenoxy) is 1. The van der Waals surface area contributed by atoms with Gasteiger partial charge in [0.1, 0.15) is 17.2 Å². The molecule has 0 bridgehead atoms. The van der Waals surface area contributed by atoms with Crippen molar-refractivity contribution in [2.24, 2.45) is 0 Å². The topological polar surface area (TPSA) is 71.2 Å². The Balaban J connectivity index is 1.89. The minimum Gasteiger partial charge on any atom is -0.457 e. The van der Waals surface area contributed by atoms with E-state index in [-0.39, 0.29) is 11.3 Å². The Labute approximate surface area is 151 Å². The Morgan fingerprint density at radius 3 is 2.37 bits per heavy atom. The van der Waals surface area contributed by atoms with Crippen LogP contribution < -0.4 is 15.6 Å². The number of H-pyrrole nitrogens is 1. The van der Waals surface area contributed by atoms with Crippen molar-refractivity contribution < 1.29 is 22.7 Å². The molecule has 0 aliphatic rings. The molecule has 0 atom stereocenters. The summed E-state index contributed by atoms with van der Waals surface area (Å²) < 4.78 is 44.1. The van der Waals surface area contributed by atoms with E-state index in [4.69, 9.17) is 4.74 Å². The zero-order valence-corrected chi connectivity index (χ0v) is 13.7. The smallest absolute Gasteiger partial charge is 0.417 e. The van der Waals surface area contributed by atoms with E-state index in [1.165, 1.54) is 12.1 Å². The third-order valence-electron chi connectivity index (χ3n) is 3.58. The van der Waals surface area contributed by atoms with Gasteiger partial charge in [-0.15, -0.1) is 0 Å². The second kappa shape index (κ2) is 7.36. The summed E-state index contributed by atoms with van der Waals surface area (Å²) in [6, 6.07) is 15.4. The maximum absolute atomic E-state index is 12.8. The molecular formula is C19H13F3N2O3. The highest BCUT2D eigenvalue weighted by Crippen LogP contribution is 2.30. The number of alkyl halides is 3. The first-order chi connectivity index (χ1) is 12.8. The molecule has 138 valence electrons. The van der Waals surface area contributed by atoms with Crippen LogP contribution in [0, 0.1) is 0 Å². The number of rotatable bonds is 4. The summed E-state index contributed by atoms with van der Waals surface area (Å²) in [5.41, 5.74) is -2.37. The number of anilines is 1. The van der Waals surface area contributed by atoms with Crippen molar-refractivity contribution in [2.75, 3.05) is 5.32 Å². The summed E-state index contributed by atoms with van der Waals surface area (Å²) in [5.74, 6) is -0.0920. The van der Waals surface area contributed by atoms with E-state index in [1.54, 1.807) is 42.5 Å². The van der Waals surface area contributed by atoms with Crippen LogP contribution in [0.1, 0.15) is 15.9 Å². The fourth-order valence-corrected chi connectivity index (χ4v) is 2.29. The number of aromatic amines is 1. The van der Waals surface area contributed by atoms with Crippen molar-refractivity contribution in [3.8, 4) is 11.5 Å². The Bertz CT molecular complexity index is 1010. The van der Waals surface area contributed by atoms with Gasteiger partial charge >= 0.3 is 6.18 Å². The van der Waals surface area contributed by atoms with Gasteiger partial charge in [0.2, 0.25) is 0 Å². The minimum absolute atomic E-state index is 0.0677. The molecule has 2 aromatic carbocycles. The fourth-order valence-electron chi connectivity index (χ4n) is 2.29. The van der Waals surface area contributed by atoms with Crippen LogP contribution in [0.15, 0.2) is 71.7 Å². The summed E-state index contributed by atoms with van der Waals surface area (Å²) in [6.07, 6.45) is -4.11. The van der Waals surface area contributed by atoms with Crippen LogP contribution in [0.4, 0.5) is 18.9 Å². The second-order valence-electron chi connectivity index (χ2n) is 5.49. The number of nitrogens with one attached hydrogen (secondary N) is 2. The third kappa shape index (κ3) is 4.35. The van der Waals surface area contributed by atoms with Crippen LogP contribution >= 0.6 is 0 Å². The van der Waals surface area contributed by atoms with Crippen molar-refractivity contribution in [2.45, 2.75) is 6.18 Å². The van der Waals surface area contributed by atoms with Gasteiger partial charge in [0, 0.05) is 6.20 Å². The Morgan fingerprint density at radius 2 is 1.67 bits per heavy atom. The predicted octanol–water partition coefficient (Wildman–Crippen LogP) is 4.44. The number of para-hydroxylation sites is 2. The van der Waals surface area contributed by atoms with Crippen LogP contribution in [0.25, 0.3) is 0 Å². The molecule has 2 N–H and O–H groups in total. The van der Waals surface area contributed by atoms with E-state index in [0.717, 1.165) is 0 Å². The standard InChI is InChI=1S/C19H13F3N2O3/c20-19(21,22)12-10-15(18(26)23-11-12)24-17(25)14-8-4-5-9-16(14)27-13-6-2-1-3-7-13/h1-11H,(H,23,26)(H,24,25). The van der Waals surface area contributed by atoms with Gasteiger partial charge in [-0.3, -0.25) is 9.59 Å². The first-order valence-electron chi connectivity index (χ1n) is 7.78. The molecule has 3 rings (SSSR count). The molecule has 0 unspecified atom stereocenters. The lowest BCUT2D eigenvalue weighted by Crippen LogP contribution is -2.21. The number of carbonyl (C=O) groups is 1. The molecule has 0 spiro atoms. The zero-order chi connectivity index (χ0) is 19.4. The van der Waals surface area contributed by atoms with Gasteiger partial charge in [0.15, 0.2) is 0 Å². The Hall–Kier alpha value is -3.55. The average Bonchev–Trinajstić information content (AvgIpc) is 2.64. The summed E-state index contributed by atoms with van der Waals surface area (Å²) in [4.78, 5) is 26.3. The number of pyridine rings is 1. The van der Waals surface area contributed by atoms with Gasteiger partial charge in [-0.1, -0.05) is 30.3 Å². The zero-order valence-electron chi connectivity index (χ0n) is 13.7. The number of hydrogen-bond acceptors (Lipinski definition) is 3. The van der Waals surface area contributed by atoms with E-state index < -0.39 is 28.9 Å². The van der Waals surface area contributed by atoms with E-state index in [9.17, 15) is 22.8 Å². The molecule has 8 heteroatoms. The highest BCUT2D eigenvalue weighted by atomic mass is 19.4. The van der Waals surface area contributed by atoms with Gasteiger partial charge in [0.05, 0.1) is 11.1 Å². The number of amides is 1. The van der Waals surface area contributed by atoms with Crippen molar-refractivity contribution in [1.29, 1.82) is 0 Å². The van der Waals surface area contributed by atoms with Crippen LogP contribution in [0.5, 0.6) is 11.5 Å². The maximum Gasteiger partial charge on any atom is 0.417 e. The lowest BCUT2D eigenvalue weighted by molar-refractivity contribution is -0.137. The molecule has 3 aromatic rings. The molecule has 0 fully saturated rings. The number of hydrogen-bond donors (Lipinski definition) is 2. The van der Waals surface area contributed by atoms with E-state index in [2.05, 4.69) is 5.32 Å². The molecule has 0 aliphatic carbocycles. The first kappa shape index (κ1) is 18.2. The quantitative estimate of drug-likeness (QED) is 0.709. The monoisotopic (exact) mass is 374 g/mol. The number of halogens is 3. The van der Waals surface area contributed by atoms with E-state index in [1.807, 2.05) is 4.98 Å². The Kier molecular flexibility index (Phi) is 4.98. The van der Waals surface area contributed by atoms with Crippen molar-refractivity contribution in [3.63, 3.8) is 0 Å². The van der Waals surface area contributed by atoms with E-state index >= 15 is 0 Å². The first-order valence-corrected chi connectivity index (χ1v) is 7.78. The third-order valence-corrected chi connectivity index (χ3v) is 3.58. The summed E-state index contributed by atoms with van der Waals surface area (Å²) in [7, 11) is 0. The van der Waals surface area contributed by atoms with Gasteiger partial charge in [-0.25, -0.2) is 0 Å². The van der Waals surface area contributed by atoms with Crippen molar-refractivity contribution in [3.05, 3.63) is 88.3 Å². The normalized spacial score (nSPS) is 11.1. The highest BCUT2D eigenvalue weighted by molar-refractivity contribution is 6.06. The van der Waals surface area contributed by atoms with Crippen molar-refractivity contribution >= 4 is 11.6 Å². The van der Waals surface area contributed by atoms with Crippen LogP contribution in [-0.2, 0) is 6.18 Å². The summed E-state index contributed by atoms with van der Waals surface area (Å²) >= 11 is 0. The largest absolute Gasteiger partial charge is 0.457 e. The SMILES string of the molecule is O=C(Nc1cc(C(F)(F)F)c[nH]c1=O)c1ccccc1Oc1ccccc1. The second-order valence-corrected chi connectivity index (χ2v) is 5.49. The lowest BCUT2D eigenvalue weighted by Gasteiger charge is -2.12. The molecule has 27 heavy (non-hydrogen) atoms. The summed E-state index contributed by atoms with van der Waals surface area (Å²) in [6.45, 7) is 0. The molecule has 1 amide bonds. The predicted molar refractivity (Wildman–Crippen MR) is 93.0 cm³/mol. The number of carbonyl (C=O) groups excluding carboxylic acids is 1. The number of benzene rings is 2. The molecule has 1 heterocycles. The fraction of sp³-hybridized carbons (Fsp3) is 0.0526. The lowest BCUT2D eigenvalue weighted by atomic mass is 10.1. The molecule has 1 aromatic heterocycles. The van der Waals surface area contributed by atoms with Gasteiger partial charge in [0.25, 0.3) is 11.5 Å². The molecule has 0 aliphatic heterocycles. The Morgan fingerprint density at radius 1 is 1.00 bits per heavy atom. The van der Waals surface area contributed by atoms with Crippen LogP contribution in [-0.4, -0.2) is 10.9 Å². The molecule has 0 saturated heterocycles. The van der Waals surface area contributed by atoms with Gasteiger partial charge in [-0.2, -0.15) is 13.2 Å². The van der Waals surface area contributed by atoms with Gasteiger partial charge in [-0.05, 0) is 30.3 Å². The minimum atomic E-state index is -4.65. The molecule has 5 nitrogen and oxygen atoms in total. The van der Waals surface area contributed by atoms with Crippen LogP contribution in [0.3, 0.4) is 0 Å². The van der Waals surface area contributed by atoms with Crippen LogP contribution in [0.2, 0.25) is 0 Å². The van der Waals surface area contributed by atoms with E-state index in [0.29, 0.717) is 18.0 Å². The number of aromatic nitrogens is 1. The molecule has 0 radical (unpaired) electrons. The molecule has 0 saturated carbocycles. The van der Waals surface area contributed by atoms with Gasteiger partial charge < -0.3 is 15.0 Å². The molecular weight excluding hydrogens is 361 g/mol. The van der Waals surface area contributed by atoms with Crippen molar-refractivity contribution in [1.82, 2.24) is 4.98 Å². The summed E-state index contributed by atoms with van der Waals surface area (Å²) in [5, 5.41) is 2.20.